The van der Waals surface area contributed by atoms with E-state index in [4.69, 9.17) is 9.47 Å². The minimum Gasteiger partial charge on any atom is -0.497 e. The molecule has 0 saturated carbocycles. The number of benzene rings is 1. The van der Waals surface area contributed by atoms with Gasteiger partial charge in [0.15, 0.2) is 0 Å². The number of hydrogen-bond acceptors (Lipinski definition) is 4. The zero-order chi connectivity index (χ0) is 14.3. The molecule has 0 atom stereocenters. The predicted octanol–water partition coefficient (Wildman–Crippen LogP) is 2.20. The first kappa shape index (κ1) is 15.0. The number of rotatable bonds is 6. The van der Waals surface area contributed by atoms with Crippen LogP contribution in [0.1, 0.15) is 25.8 Å². The molecule has 104 valence electrons. The smallest absolute Gasteiger partial charge is 0.240 e. The molecule has 0 bridgehead atoms. The Kier molecular flexibility index (Phi) is 5.85. The molecule has 0 aliphatic carbocycles. The molecule has 0 aromatic heterocycles. The molecule has 1 N–H and O–H groups in total. The molecule has 1 aromatic carbocycles. The number of nitrogens with zero attached hydrogens (tertiary/aromatic N) is 1. The molecule has 0 aliphatic heterocycles. The Morgan fingerprint density at radius 2 is 2.11 bits per heavy atom. The molecule has 5 heteroatoms. The summed E-state index contributed by atoms with van der Waals surface area (Å²) in [5.74, 6) is 1.58. The quantitative estimate of drug-likeness (QED) is 0.633. The normalized spacial score (nSPS) is 10.8. The van der Waals surface area contributed by atoms with E-state index in [2.05, 4.69) is 10.5 Å². The van der Waals surface area contributed by atoms with Crippen molar-refractivity contribution in [3.05, 3.63) is 23.8 Å². The van der Waals surface area contributed by atoms with Crippen LogP contribution in [0.5, 0.6) is 11.5 Å². The maximum atomic E-state index is 11.4. The number of hydrogen-bond donors (Lipinski definition) is 1. The van der Waals surface area contributed by atoms with Gasteiger partial charge >= 0.3 is 0 Å². The van der Waals surface area contributed by atoms with E-state index in [0.29, 0.717) is 23.8 Å². The highest BCUT2D eigenvalue weighted by Crippen LogP contribution is 2.22. The number of amides is 1. The Hall–Kier alpha value is -2.04. The van der Waals surface area contributed by atoms with Gasteiger partial charge < -0.3 is 9.47 Å². The lowest BCUT2D eigenvalue weighted by molar-refractivity contribution is -0.121. The van der Waals surface area contributed by atoms with Crippen molar-refractivity contribution in [3.63, 3.8) is 0 Å². The molecular formula is C14H20N2O3. The van der Waals surface area contributed by atoms with Crippen molar-refractivity contribution in [1.82, 2.24) is 5.43 Å². The third-order valence-corrected chi connectivity index (χ3v) is 2.42. The van der Waals surface area contributed by atoms with Crippen LogP contribution in [0.2, 0.25) is 0 Å². The van der Waals surface area contributed by atoms with Crippen molar-refractivity contribution in [3.8, 4) is 11.5 Å². The van der Waals surface area contributed by atoms with E-state index < -0.39 is 0 Å². The SMILES string of the molecule is COc1ccc(OC)c(/C=N/NC(=O)CC(C)C)c1. The Morgan fingerprint density at radius 1 is 1.37 bits per heavy atom. The number of nitrogens with one attached hydrogen (secondary N) is 1. The van der Waals surface area contributed by atoms with Gasteiger partial charge in [0.1, 0.15) is 11.5 Å². The Bertz CT molecular complexity index is 456. The highest BCUT2D eigenvalue weighted by atomic mass is 16.5. The van der Waals surface area contributed by atoms with Gasteiger partial charge in [0.05, 0.1) is 20.4 Å². The average Bonchev–Trinajstić information content (AvgIpc) is 2.37. The lowest BCUT2D eigenvalue weighted by atomic mass is 10.1. The van der Waals surface area contributed by atoms with Crippen molar-refractivity contribution < 1.29 is 14.3 Å². The van der Waals surface area contributed by atoms with Crippen LogP contribution in [0, 0.1) is 5.92 Å². The monoisotopic (exact) mass is 264 g/mol. The van der Waals surface area contributed by atoms with Crippen LogP contribution in [0.4, 0.5) is 0 Å². The summed E-state index contributed by atoms with van der Waals surface area (Å²) in [4.78, 5) is 11.4. The molecule has 0 unspecified atom stereocenters. The first-order chi connectivity index (χ1) is 9.06. The molecule has 0 radical (unpaired) electrons. The fourth-order valence-corrected chi connectivity index (χ4v) is 1.53. The second-order valence-corrected chi connectivity index (χ2v) is 4.50. The second-order valence-electron chi connectivity index (χ2n) is 4.50. The number of ether oxygens (including phenoxy) is 2. The van der Waals surface area contributed by atoms with Gasteiger partial charge in [0.2, 0.25) is 5.91 Å². The molecule has 0 fully saturated rings. The van der Waals surface area contributed by atoms with Crippen LogP contribution in [0.3, 0.4) is 0 Å². The Balaban J connectivity index is 2.72. The third-order valence-electron chi connectivity index (χ3n) is 2.42. The van der Waals surface area contributed by atoms with Crippen molar-refractivity contribution in [2.24, 2.45) is 11.0 Å². The van der Waals surface area contributed by atoms with Gasteiger partial charge in [-0.15, -0.1) is 0 Å². The van der Waals surface area contributed by atoms with Crippen molar-refractivity contribution in [2.75, 3.05) is 14.2 Å². The summed E-state index contributed by atoms with van der Waals surface area (Å²) >= 11 is 0. The van der Waals surface area contributed by atoms with Crippen molar-refractivity contribution >= 4 is 12.1 Å². The third kappa shape index (κ3) is 4.99. The van der Waals surface area contributed by atoms with E-state index in [1.165, 1.54) is 0 Å². The minimum atomic E-state index is -0.104. The molecule has 0 saturated heterocycles. The lowest BCUT2D eigenvalue weighted by Crippen LogP contribution is -2.19. The summed E-state index contributed by atoms with van der Waals surface area (Å²) < 4.78 is 10.3. The largest absolute Gasteiger partial charge is 0.497 e. The molecule has 1 aromatic rings. The molecular weight excluding hydrogens is 244 g/mol. The molecule has 1 rings (SSSR count). The van der Waals surface area contributed by atoms with E-state index >= 15 is 0 Å². The van der Waals surface area contributed by atoms with E-state index in [-0.39, 0.29) is 5.91 Å². The van der Waals surface area contributed by atoms with E-state index in [0.717, 1.165) is 5.56 Å². The summed E-state index contributed by atoms with van der Waals surface area (Å²) in [6, 6.07) is 5.38. The van der Waals surface area contributed by atoms with Gasteiger partial charge in [-0.05, 0) is 24.1 Å². The standard InChI is InChI=1S/C14H20N2O3/c1-10(2)7-14(17)16-15-9-11-8-12(18-3)5-6-13(11)19-4/h5-6,8-10H,7H2,1-4H3,(H,16,17)/b15-9+. The summed E-state index contributed by atoms with van der Waals surface area (Å²) in [7, 11) is 3.17. The second kappa shape index (κ2) is 7.41. The zero-order valence-electron chi connectivity index (χ0n) is 11.8. The van der Waals surface area contributed by atoms with Crippen LogP contribution < -0.4 is 14.9 Å². The maximum absolute atomic E-state index is 11.4. The Labute approximate surface area is 113 Å². The van der Waals surface area contributed by atoms with Gasteiger partial charge in [-0.1, -0.05) is 13.8 Å². The average molecular weight is 264 g/mol. The topological polar surface area (TPSA) is 59.9 Å². The molecule has 0 heterocycles. The van der Waals surface area contributed by atoms with Gasteiger partial charge in [-0.2, -0.15) is 5.10 Å². The van der Waals surface area contributed by atoms with E-state index in [9.17, 15) is 4.79 Å². The van der Waals surface area contributed by atoms with Crippen LogP contribution in [0.25, 0.3) is 0 Å². The molecule has 0 aliphatic rings. The summed E-state index contributed by atoms with van der Waals surface area (Å²) in [5, 5.41) is 3.92. The van der Waals surface area contributed by atoms with Gasteiger partial charge in [0, 0.05) is 12.0 Å². The Morgan fingerprint density at radius 3 is 2.68 bits per heavy atom. The predicted molar refractivity (Wildman–Crippen MR) is 74.7 cm³/mol. The number of methoxy groups -OCH3 is 2. The zero-order valence-corrected chi connectivity index (χ0v) is 11.8. The first-order valence-electron chi connectivity index (χ1n) is 6.10. The van der Waals surface area contributed by atoms with Crippen LogP contribution >= 0.6 is 0 Å². The van der Waals surface area contributed by atoms with E-state index in [1.54, 1.807) is 38.6 Å². The van der Waals surface area contributed by atoms with Gasteiger partial charge in [-0.25, -0.2) is 5.43 Å². The number of hydrazone groups is 1. The van der Waals surface area contributed by atoms with Crippen LogP contribution in [-0.2, 0) is 4.79 Å². The maximum Gasteiger partial charge on any atom is 0.240 e. The van der Waals surface area contributed by atoms with E-state index in [1.807, 2.05) is 13.8 Å². The molecule has 1 amide bonds. The summed E-state index contributed by atoms with van der Waals surface area (Å²) in [6.45, 7) is 3.96. The van der Waals surface area contributed by atoms with Crippen LogP contribution in [-0.4, -0.2) is 26.3 Å². The molecule has 5 nitrogen and oxygen atoms in total. The molecule has 0 spiro atoms. The van der Waals surface area contributed by atoms with Crippen molar-refractivity contribution in [2.45, 2.75) is 20.3 Å². The lowest BCUT2D eigenvalue weighted by Gasteiger charge is -2.07. The first-order valence-corrected chi connectivity index (χ1v) is 6.10. The summed E-state index contributed by atoms with van der Waals surface area (Å²) in [6.07, 6.45) is 1.99. The summed E-state index contributed by atoms with van der Waals surface area (Å²) in [5.41, 5.74) is 3.23. The van der Waals surface area contributed by atoms with Gasteiger partial charge in [0.25, 0.3) is 0 Å². The number of carbonyl (C=O) groups is 1. The van der Waals surface area contributed by atoms with Crippen molar-refractivity contribution in [1.29, 1.82) is 0 Å². The fourth-order valence-electron chi connectivity index (χ4n) is 1.53. The highest BCUT2D eigenvalue weighted by molar-refractivity contribution is 5.85. The molecule has 19 heavy (non-hydrogen) atoms. The van der Waals surface area contributed by atoms with Gasteiger partial charge in [-0.3, -0.25) is 4.79 Å². The van der Waals surface area contributed by atoms with Crippen LogP contribution in [0.15, 0.2) is 23.3 Å². The fraction of sp³-hybridized carbons (Fsp3) is 0.429. The highest BCUT2D eigenvalue weighted by Gasteiger charge is 2.04. The minimum absolute atomic E-state index is 0.104. The number of carbonyl (C=O) groups excluding carboxylic acids is 1.